The highest BCUT2D eigenvalue weighted by atomic mass is 32.1. The molecule has 0 amide bonds. The number of nitrogens with zero attached hydrogens (tertiary/aromatic N) is 3. The summed E-state index contributed by atoms with van der Waals surface area (Å²) in [5, 5.41) is 21.2. The Morgan fingerprint density at radius 1 is 1.23 bits per heavy atom. The molecule has 3 heterocycles. The van der Waals surface area contributed by atoms with Gasteiger partial charge < -0.3 is 15.0 Å². The van der Waals surface area contributed by atoms with Crippen LogP contribution >= 0.6 is 11.3 Å². The van der Waals surface area contributed by atoms with Crippen molar-refractivity contribution >= 4 is 28.8 Å². The monoisotopic (exact) mass is 545 g/mol. The maximum absolute atomic E-state index is 13.0. The Labute approximate surface area is 232 Å². The largest absolute Gasteiger partial charge is 0.476 e. The van der Waals surface area contributed by atoms with Crippen LogP contribution in [0.4, 0.5) is 11.5 Å². The molecule has 204 valence electrons. The minimum Gasteiger partial charge on any atom is -0.476 e. The third-order valence-electron chi connectivity index (χ3n) is 7.16. The lowest BCUT2D eigenvalue weighted by molar-refractivity contribution is 0.0690. The molecule has 39 heavy (non-hydrogen) atoms. The predicted molar refractivity (Wildman–Crippen MR) is 156 cm³/mol. The second-order valence-corrected chi connectivity index (χ2v) is 12.4. The Morgan fingerprint density at radius 3 is 2.67 bits per heavy atom. The number of hydrogen-bond acceptors (Lipinski definition) is 6. The van der Waals surface area contributed by atoms with Crippen LogP contribution in [0.1, 0.15) is 83.6 Å². The molecule has 0 saturated heterocycles. The van der Waals surface area contributed by atoms with Crippen LogP contribution in [0, 0.1) is 0 Å². The summed E-state index contributed by atoms with van der Waals surface area (Å²) in [5.41, 5.74) is 5.78. The molecule has 0 atom stereocenters. The van der Waals surface area contributed by atoms with Crippen molar-refractivity contribution in [2.75, 3.05) is 5.32 Å². The van der Waals surface area contributed by atoms with Crippen molar-refractivity contribution in [3.05, 3.63) is 79.3 Å². The lowest BCUT2D eigenvalue weighted by Crippen LogP contribution is -2.19. The minimum absolute atomic E-state index is 0.120. The zero-order chi connectivity index (χ0) is 27.9. The van der Waals surface area contributed by atoms with E-state index in [-0.39, 0.29) is 16.7 Å². The first kappa shape index (κ1) is 26.9. The van der Waals surface area contributed by atoms with Gasteiger partial charge in [-0.2, -0.15) is 5.10 Å². The molecular weight excluding hydrogens is 510 g/mol. The Balaban J connectivity index is 1.44. The molecule has 8 nitrogen and oxygen atoms in total. The van der Waals surface area contributed by atoms with Crippen LogP contribution in [0.2, 0.25) is 0 Å². The Bertz CT molecular complexity index is 1590. The van der Waals surface area contributed by atoms with Crippen molar-refractivity contribution in [1.82, 2.24) is 19.7 Å². The van der Waals surface area contributed by atoms with E-state index >= 15 is 0 Å². The fourth-order valence-electron chi connectivity index (χ4n) is 4.90. The molecule has 9 heteroatoms. The summed E-state index contributed by atoms with van der Waals surface area (Å²) in [5.74, 6) is 0.213. The molecule has 1 fully saturated rings. The van der Waals surface area contributed by atoms with Crippen molar-refractivity contribution < 1.29 is 9.90 Å². The van der Waals surface area contributed by atoms with Crippen LogP contribution in [0.25, 0.3) is 11.1 Å². The third-order valence-corrected chi connectivity index (χ3v) is 8.70. The van der Waals surface area contributed by atoms with Crippen molar-refractivity contribution in [2.24, 2.45) is 7.05 Å². The van der Waals surface area contributed by atoms with E-state index in [4.69, 9.17) is 0 Å². The SMILES string of the molecule is CCc1c(CCc2sc(C(C)(C)C)nc2C(=O)O)cccc1-c1cc(Nc2cc(C3CC3)[nH]n2)c(=O)n(C)c1. The molecule has 0 radical (unpaired) electrons. The van der Waals surface area contributed by atoms with Crippen LogP contribution < -0.4 is 10.9 Å². The average Bonchev–Trinajstić information content (AvgIpc) is 3.46. The average molecular weight is 546 g/mol. The van der Waals surface area contributed by atoms with Gasteiger partial charge in [0, 0.05) is 46.8 Å². The Hall–Kier alpha value is -3.72. The number of H-pyrrole nitrogens is 1. The van der Waals surface area contributed by atoms with Crippen LogP contribution in [0.5, 0.6) is 0 Å². The molecule has 0 unspecified atom stereocenters. The van der Waals surface area contributed by atoms with E-state index in [0.29, 0.717) is 30.3 Å². The van der Waals surface area contributed by atoms with Gasteiger partial charge in [-0.05, 0) is 54.9 Å². The molecule has 0 spiro atoms. The number of anilines is 2. The highest BCUT2D eigenvalue weighted by molar-refractivity contribution is 7.12. The first-order valence-electron chi connectivity index (χ1n) is 13.4. The molecule has 1 aliphatic carbocycles. The number of carboxylic acids is 1. The number of rotatable bonds is 9. The van der Waals surface area contributed by atoms with Gasteiger partial charge in [0.05, 0.1) is 5.01 Å². The van der Waals surface area contributed by atoms with Crippen LogP contribution in [-0.4, -0.2) is 30.8 Å². The number of thiazole rings is 1. The van der Waals surface area contributed by atoms with Gasteiger partial charge in [0.25, 0.3) is 5.56 Å². The zero-order valence-corrected chi connectivity index (χ0v) is 23.9. The van der Waals surface area contributed by atoms with Crippen LogP contribution in [0.15, 0.2) is 41.3 Å². The van der Waals surface area contributed by atoms with Gasteiger partial charge in [0.15, 0.2) is 11.5 Å². The van der Waals surface area contributed by atoms with Crippen molar-refractivity contribution in [3.8, 4) is 11.1 Å². The summed E-state index contributed by atoms with van der Waals surface area (Å²) >= 11 is 1.49. The third kappa shape index (κ3) is 5.68. The Kier molecular flexibility index (Phi) is 7.20. The fourth-order valence-corrected chi connectivity index (χ4v) is 6.02. The normalized spacial score (nSPS) is 13.6. The number of aromatic nitrogens is 4. The second-order valence-electron chi connectivity index (χ2n) is 11.3. The number of benzene rings is 1. The number of aromatic carboxylic acids is 1. The highest BCUT2D eigenvalue weighted by Crippen LogP contribution is 2.40. The van der Waals surface area contributed by atoms with Gasteiger partial charge in [-0.15, -0.1) is 11.3 Å². The molecule has 1 saturated carbocycles. The van der Waals surface area contributed by atoms with E-state index in [9.17, 15) is 14.7 Å². The number of aryl methyl sites for hydroxylation is 3. The molecule has 5 rings (SSSR count). The van der Waals surface area contributed by atoms with Crippen molar-refractivity contribution in [2.45, 2.75) is 71.1 Å². The fraction of sp³-hybridized carbons (Fsp3) is 0.400. The Morgan fingerprint density at radius 2 is 2.00 bits per heavy atom. The number of pyridine rings is 1. The standard InChI is InChI=1S/C30H35N5O3S/c1-6-20-17(12-13-24-26(28(37)38)32-29(39-24)30(2,3)4)8-7-9-21(20)19-14-23(27(36)35(5)16-19)31-25-15-22(33-34-25)18-10-11-18/h7-9,14-16,18H,6,10-13H2,1-5H3,(H,37,38)(H2,31,33,34). The van der Waals surface area contributed by atoms with E-state index < -0.39 is 5.97 Å². The number of nitrogens with one attached hydrogen (secondary N) is 2. The molecule has 3 N–H and O–H groups in total. The number of aromatic amines is 1. The zero-order valence-electron chi connectivity index (χ0n) is 23.1. The van der Waals surface area contributed by atoms with Gasteiger partial charge in [0.1, 0.15) is 5.69 Å². The van der Waals surface area contributed by atoms with Crippen LogP contribution in [-0.2, 0) is 31.7 Å². The molecule has 1 aliphatic rings. The van der Waals surface area contributed by atoms with Crippen molar-refractivity contribution in [1.29, 1.82) is 0 Å². The molecule has 0 bridgehead atoms. The lowest BCUT2D eigenvalue weighted by atomic mass is 9.92. The second kappa shape index (κ2) is 10.4. The summed E-state index contributed by atoms with van der Waals surface area (Å²) < 4.78 is 1.60. The van der Waals surface area contributed by atoms with E-state index in [0.717, 1.165) is 33.1 Å². The number of carboxylic acid groups (broad SMARTS) is 1. The lowest BCUT2D eigenvalue weighted by Gasteiger charge is -2.16. The van der Waals surface area contributed by atoms with Gasteiger partial charge in [-0.25, -0.2) is 9.78 Å². The van der Waals surface area contributed by atoms with Gasteiger partial charge in [0.2, 0.25) is 0 Å². The first-order chi connectivity index (χ1) is 18.5. The van der Waals surface area contributed by atoms with E-state index in [1.807, 2.05) is 45.2 Å². The molecule has 3 aromatic heterocycles. The van der Waals surface area contributed by atoms with Gasteiger partial charge >= 0.3 is 5.97 Å². The smallest absolute Gasteiger partial charge is 0.355 e. The first-order valence-corrected chi connectivity index (χ1v) is 14.2. The summed E-state index contributed by atoms with van der Waals surface area (Å²) in [6, 6.07) is 10.1. The molecular formula is C30H35N5O3S. The summed E-state index contributed by atoms with van der Waals surface area (Å²) in [4.78, 5) is 30.1. The molecule has 0 aliphatic heterocycles. The van der Waals surface area contributed by atoms with E-state index in [2.05, 4.69) is 39.6 Å². The van der Waals surface area contributed by atoms with E-state index in [1.54, 1.807) is 11.6 Å². The maximum atomic E-state index is 13.0. The minimum atomic E-state index is -0.979. The van der Waals surface area contributed by atoms with Gasteiger partial charge in [-0.1, -0.05) is 45.9 Å². The van der Waals surface area contributed by atoms with Crippen molar-refractivity contribution in [3.63, 3.8) is 0 Å². The van der Waals surface area contributed by atoms with Crippen LogP contribution in [0.3, 0.4) is 0 Å². The quantitative estimate of drug-likeness (QED) is 0.231. The van der Waals surface area contributed by atoms with E-state index in [1.165, 1.54) is 35.3 Å². The molecule has 1 aromatic carbocycles. The predicted octanol–water partition coefficient (Wildman–Crippen LogP) is 6.20. The summed E-state index contributed by atoms with van der Waals surface area (Å²) in [6.07, 6.45) is 6.34. The highest BCUT2D eigenvalue weighted by Gasteiger charge is 2.26. The summed E-state index contributed by atoms with van der Waals surface area (Å²) in [7, 11) is 1.76. The summed E-state index contributed by atoms with van der Waals surface area (Å²) in [6.45, 7) is 8.27. The van der Waals surface area contributed by atoms with Gasteiger partial charge in [-0.3, -0.25) is 9.89 Å². The topological polar surface area (TPSA) is 113 Å². The number of carbonyl (C=O) groups is 1. The maximum Gasteiger partial charge on any atom is 0.355 e. The molecule has 4 aromatic rings. The number of hydrogen-bond donors (Lipinski definition) is 3.